The van der Waals surface area contributed by atoms with E-state index in [1.165, 1.54) is 33.2 Å². The van der Waals surface area contributed by atoms with Gasteiger partial charge in [0.15, 0.2) is 0 Å². The van der Waals surface area contributed by atoms with Crippen molar-refractivity contribution in [1.82, 2.24) is 9.27 Å². The smallest absolute Gasteiger partial charge is 0.0863 e. The molecule has 1 aliphatic rings. The number of nitrogens with zero attached hydrogens (tertiary/aromatic N) is 2. The molecule has 1 saturated heterocycles. The molecule has 1 aliphatic heterocycles. The maximum Gasteiger partial charge on any atom is 0.0863 e. The fourth-order valence-electron chi connectivity index (χ4n) is 1.35. The third-order valence-corrected chi connectivity index (χ3v) is 4.48. The minimum Gasteiger partial charge on any atom is -0.296 e. The predicted molar refractivity (Wildman–Crippen MR) is 67.4 cm³/mol. The Labute approximate surface area is 100 Å². The standard InChI is InChI=1S/C8H11IN2S2/c9-8-5-7(10-13-8)6-11-1-3-12-4-2-11/h5H,1-4,6H2. The Morgan fingerprint density at radius 3 is 2.85 bits per heavy atom. The van der Waals surface area contributed by atoms with E-state index in [1.54, 1.807) is 11.5 Å². The Morgan fingerprint density at radius 2 is 2.23 bits per heavy atom. The molecule has 2 nitrogen and oxygen atoms in total. The van der Waals surface area contributed by atoms with Crippen molar-refractivity contribution in [3.8, 4) is 0 Å². The molecule has 72 valence electrons. The molecule has 0 unspecified atom stereocenters. The van der Waals surface area contributed by atoms with Gasteiger partial charge in [-0.05, 0) is 40.2 Å². The quantitative estimate of drug-likeness (QED) is 0.776. The monoisotopic (exact) mass is 326 g/mol. The molecule has 0 amide bonds. The predicted octanol–water partition coefficient (Wildman–Crippen LogP) is 2.30. The van der Waals surface area contributed by atoms with E-state index in [-0.39, 0.29) is 0 Å². The zero-order valence-corrected chi connectivity index (χ0v) is 11.0. The summed E-state index contributed by atoms with van der Waals surface area (Å²) in [5, 5.41) is 0. The maximum atomic E-state index is 4.40. The first kappa shape index (κ1) is 10.2. The molecule has 5 heteroatoms. The minimum atomic E-state index is 1.04. The van der Waals surface area contributed by atoms with Gasteiger partial charge in [0.1, 0.15) is 0 Å². The highest BCUT2D eigenvalue weighted by Gasteiger charge is 2.11. The first-order valence-corrected chi connectivity index (χ1v) is 7.26. The topological polar surface area (TPSA) is 16.1 Å². The molecule has 0 radical (unpaired) electrons. The Bertz CT molecular complexity index is 271. The lowest BCUT2D eigenvalue weighted by Crippen LogP contribution is -2.32. The van der Waals surface area contributed by atoms with E-state index in [0.29, 0.717) is 0 Å². The maximum absolute atomic E-state index is 4.40. The van der Waals surface area contributed by atoms with Crippen molar-refractivity contribution >= 4 is 45.9 Å². The van der Waals surface area contributed by atoms with Crippen molar-refractivity contribution in [2.75, 3.05) is 24.6 Å². The molecule has 1 aromatic heterocycles. The van der Waals surface area contributed by atoms with E-state index < -0.39 is 0 Å². The van der Waals surface area contributed by atoms with Crippen LogP contribution < -0.4 is 0 Å². The highest BCUT2D eigenvalue weighted by Crippen LogP contribution is 2.16. The molecule has 1 aromatic rings. The molecule has 0 N–H and O–H groups in total. The van der Waals surface area contributed by atoms with Gasteiger partial charge in [-0.25, -0.2) is 0 Å². The van der Waals surface area contributed by atoms with Gasteiger partial charge in [0.2, 0.25) is 0 Å². The summed E-state index contributed by atoms with van der Waals surface area (Å²) in [4.78, 5) is 2.49. The molecule has 2 rings (SSSR count). The number of hydrogen-bond acceptors (Lipinski definition) is 4. The summed E-state index contributed by atoms with van der Waals surface area (Å²) in [6, 6.07) is 2.19. The first-order chi connectivity index (χ1) is 6.34. The number of hydrogen-bond donors (Lipinski definition) is 0. The van der Waals surface area contributed by atoms with Crippen molar-refractivity contribution in [2.45, 2.75) is 6.54 Å². The Balaban J connectivity index is 1.89. The molecule has 0 bridgehead atoms. The van der Waals surface area contributed by atoms with E-state index in [2.05, 4.69) is 49.7 Å². The molecular weight excluding hydrogens is 315 g/mol. The van der Waals surface area contributed by atoms with Crippen LogP contribution in [0, 0.1) is 2.88 Å². The van der Waals surface area contributed by atoms with E-state index in [9.17, 15) is 0 Å². The van der Waals surface area contributed by atoms with Crippen LogP contribution in [0.3, 0.4) is 0 Å². The van der Waals surface area contributed by atoms with Gasteiger partial charge in [-0.1, -0.05) is 0 Å². The third kappa shape index (κ3) is 3.07. The zero-order valence-electron chi connectivity index (χ0n) is 7.20. The summed E-state index contributed by atoms with van der Waals surface area (Å²) < 4.78 is 5.69. The number of rotatable bonds is 2. The van der Waals surface area contributed by atoms with E-state index >= 15 is 0 Å². The van der Waals surface area contributed by atoms with Crippen LogP contribution in [0.1, 0.15) is 5.69 Å². The number of halogens is 1. The number of aromatic nitrogens is 1. The van der Waals surface area contributed by atoms with Crippen LogP contribution in [0.5, 0.6) is 0 Å². The average molecular weight is 326 g/mol. The third-order valence-electron chi connectivity index (χ3n) is 2.02. The summed E-state index contributed by atoms with van der Waals surface area (Å²) in [5.41, 5.74) is 1.24. The van der Waals surface area contributed by atoms with Gasteiger partial charge in [0.25, 0.3) is 0 Å². The van der Waals surface area contributed by atoms with Gasteiger partial charge in [-0.2, -0.15) is 16.1 Å². The second kappa shape index (κ2) is 4.95. The first-order valence-electron chi connectivity index (χ1n) is 4.26. The molecule has 1 fully saturated rings. The highest BCUT2D eigenvalue weighted by atomic mass is 127. The highest BCUT2D eigenvalue weighted by molar-refractivity contribution is 14.1. The Kier molecular flexibility index (Phi) is 3.88. The van der Waals surface area contributed by atoms with Crippen LogP contribution in [-0.2, 0) is 6.54 Å². The van der Waals surface area contributed by atoms with Crippen LogP contribution in [0.4, 0.5) is 0 Å². The normalized spacial score (nSPS) is 19.2. The molecule has 0 atom stereocenters. The fourth-order valence-corrected chi connectivity index (χ4v) is 3.49. The van der Waals surface area contributed by atoms with E-state index in [4.69, 9.17) is 0 Å². The van der Waals surface area contributed by atoms with Crippen molar-refractivity contribution in [3.63, 3.8) is 0 Å². The van der Waals surface area contributed by atoms with Gasteiger partial charge in [-0.3, -0.25) is 4.90 Å². The molecule has 0 aromatic carbocycles. The lowest BCUT2D eigenvalue weighted by Gasteiger charge is -2.24. The van der Waals surface area contributed by atoms with Crippen LogP contribution in [-0.4, -0.2) is 33.9 Å². The summed E-state index contributed by atoms with van der Waals surface area (Å²) in [6.07, 6.45) is 0. The fraction of sp³-hybridized carbons (Fsp3) is 0.625. The van der Waals surface area contributed by atoms with Crippen LogP contribution in [0.25, 0.3) is 0 Å². The molecule has 0 aliphatic carbocycles. The molecular formula is C8H11IN2S2. The summed E-state index contributed by atoms with van der Waals surface area (Å²) in [7, 11) is 0. The number of thioether (sulfide) groups is 1. The van der Waals surface area contributed by atoms with Crippen molar-refractivity contribution in [1.29, 1.82) is 0 Å². The van der Waals surface area contributed by atoms with Gasteiger partial charge >= 0.3 is 0 Å². The van der Waals surface area contributed by atoms with Crippen LogP contribution in [0.15, 0.2) is 6.07 Å². The van der Waals surface area contributed by atoms with Gasteiger partial charge in [0.05, 0.1) is 8.58 Å². The summed E-state index contributed by atoms with van der Waals surface area (Å²) >= 11 is 5.98. The largest absolute Gasteiger partial charge is 0.296 e. The SMILES string of the molecule is Ic1cc(CN2CCSCC2)ns1. The van der Waals surface area contributed by atoms with Gasteiger partial charge < -0.3 is 0 Å². The van der Waals surface area contributed by atoms with E-state index in [0.717, 1.165) is 6.54 Å². The van der Waals surface area contributed by atoms with E-state index in [1.807, 2.05) is 0 Å². The van der Waals surface area contributed by atoms with Crippen molar-refractivity contribution < 1.29 is 0 Å². The van der Waals surface area contributed by atoms with Crippen molar-refractivity contribution in [3.05, 3.63) is 14.6 Å². The van der Waals surface area contributed by atoms with Crippen LogP contribution in [0.2, 0.25) is 0 Å². The molecule has 2 heterocycles. The summed E-state index contributed by atoms with van der Waals surface area (Å²) in [5.74, 6) is 2.56. The molecule has 0 saturated carbocycles. The lowest BCUT2D eigenvalue weighted by atomic mass is 10.4. The van der Waals surface area contributed by atoms with Gasteiger partial charge in [-0.15, -0.1) is 0 Å². The van der Waals surface area contributed by atoms with Crippen molar-refractivity contribution in [2.24, 2.45) is 0 Å². The molecule has 0 spiro atoms. The Hall–Kier alpha value is 0.670. The van der Waals surface area contributed by atoms with Gasteiger partial charge in [0, 0.05) is 31.1 Å². The average Bonchev–Trinajstić information content (AvgIpc) is 2.53. The Morgan fingerprint density at radius 1 is 1.46 bits per heavy atom. The lowest BCUT2D eigenvalue weighted by molar-refractivity contribution is 0.292. The molecule has 13 heavy (non-hydrogen) atoms. The second-order valence-electron chi connectivity index (χ2n) is 3.01. The zero-order chi connectivity index (χ0) is 9.10. The second-order valence-corrected chi connectivity index (χ2v) is 6.93. The van der Waals surface area contributed by atoms with Crippen LogP contribution >= 0.6 is 45.9 Å². The minimum absolute atomic E-state index is 1.04. The summed E-state index contributed by atoms with van der Waals surface area (Å²) in [6.45, 7) is 3.48.